The van der Waals surface area contributed by atoms with Crippen LogP contribution in [0.2, 0.25) is 0 Å². The maximum absolute atomic E-state index is 12.3. The molecule has 0 saturated heterocycles. The number of pyridine rings is 1. The molecule has 0 unspecified atom stereocenters. The van der Waals surface area contributed by atoms with Gasteiger partial charge in [-0.25, -0.2) is 0 Å². The Hall–Kier alpha value is -2.25. The standard InChI is InChI=1S/C17H17N3O3S/c1-10-2-3-12(24-10)4-5-15-19-16(20-23-15)13-8-11-9-22-7-6-14(11)18-17(13)21/h2-3,8H,4-7,9H2,1H3,(H,18,21). The van der Waals surface area contributed by atoms with E-state index in [1.54, 1.807) is 11.3 Å². The normalized spacial score (nSPS) is 13.9. The summed E-state index contributed by atoms with van der Waals surface area (Å²) in [6, 6.07) is 6.03. The first-order valence-electron chi connectivity index (χ1n) is 7.90. The summed E-state index contributed by atoms with van der Waals surface area (Å²) in [5, 5.41) is 3.97. The largest absolute Gasteiger partial charge is 0.376 e. The van der Waals surface area contributed by atoms with Gasteiger partial charge in [0.1, 0.15) is 0 Å². The van der Waals surface area contributed by atoms with Crippen LogP contribution in [0.5, 0.6) is 0 Å². The number of thiophene rings is 1. The number of rotatable bonds is 4. The third kappa shape index (κ3) is 3.05. The molecule has 0 aromatic carbocycles. The molecule has 0 bridgehead atoms. The minimum atomic E-state index is -0.183. The predicted molar refractivity (Wildman–Crippen MR) is 90.2 cm³/mol. The van der Waals surface area contributed by atoms with Crippen molar-refractivity contribution in [2.24, 2.45) is 0 Å². The van der Waals surface area contributed by atoms with Crippen LogP contribution in [0.3, 0.4) is 0 Å². The van der Waals surface area contributed by atoms with Gasteiger partial charge < -0.3 is 14.2 Å². The lowest BCUT2D eigenvalue weighted by molar-refractivity contribution is 0.109. The summed E-state index contributed by atoms with van der Waals surface area (Å²) in [5.74, 6) is 0.881. The van der Waals surface area contributed by atoms with E-state index in [-0.39, 0.29) is 5.56 Å². The number of hydrogen-bond acceptors (Lipinski definition) is 6. The van der Waals surface area contributed by atoms with E-state index >= 15 is 0 Å². The Bertz CT molecular complexity index is 925. The van der Waals surface area contributed by atoms with Gasteiger partial charge >= 0.3 is 0 Å². The second kappa shape index (κ2) is 6.33. The Morgan fingerprint density at radius 3 is 3.08 bits per heavy atom. The third-order valence-corrected chi connectivity index (χ3v) is 5.12. The first-order valence-corrected chi connectivity index (χ1v) is 8.72. The zero-order chi connectivity index (χ0) is 16.5. The third-order valence-electron chi connectivity index (χ3n) is 4.06. The molecule has 3 aromatic rings. The molecule has 0 aliphatic carbocycles. The Morgan fingerprint density at radius 2 is 2.25 bits per heavy atom. The molecule has 0 radical (unpaired) electrons. The van der Waals surface area contributed by atoms with Crippen LogP contribution in [-0.2, 0) is 30.6 Å². The van der Waals surface area contributed by atoms with Crippen LogP contribution < -0.4 is 5.56 Å². The summed E-state index contributed by atoms with van der Waals surface area (Å²) >= 11 is 1.77. The van der Waals surface area contributed by atoms with Crippen LogP contribution in [0.4, 0.5) is 0 Å². The van der Waals surface area contributed by atoms with Gasteiger partial charge in [-0.2, -0.15) is 4.98 Å². The highest BCUT2D eigenvalue weighted by molar-refractivity contribution is 7.11. The van der Waals surface area contributed by atoms with E-state index in [1.165, 1.54) is 9.75 Å². The van der Waals surface area contributed by atoms with Crippen molar-refractivity contribution >= 4 is 11.3 Å². The molecule has 0 saturated carbocycles. The van der Waals surface area contributed by atoms with Gasteiger partial charge in [-0.05, 0) is 37.1 Å². The second-order valence-electron chi connectivity index (χ2n) is 5.84. The minimum Gasteiger partial charge on any atom is -0.376 e. The Labute approximate surface area is 142 Å². The first kappa shape index (κ1) is 15.3. The van der Waals surface area contributed by atoms with E-state index in [2.05, 4.69) is 34.2 Å². The number of hydrogen-bond donors (Lipinski definition) is 1. The molecule has 4 rings (SSSR count). The SMILES string of the molecule is Cc1ccc(CCc2nc(-c3cc4c([nH]c3=O)CCOC4)no2)s1. The fourth-order valence-electron chi connectivity index (χ4n) is 2.80. The Kier molecular flexibility index (Phi) is 4.03. The highest BCUT2D eigenvalue weighted by Gasteiger charge is 2.17. The highest BCUT2D eigenvalue weighted by atomic mass is 32.1. The Morgan fingerprint density at radius 1 is 1.33 bits per heavy atom. The lowest BCUT2D eigenvalue weighted by Gasteiger charge is -2.15. The van der Waals surface area contributed by atoms with E-state index in [0.29, 0.717) is 36.9 Å². The zero-order valence-corrected chi connectivity index (χ0v) is 14.1. The molecule has 1 aliphatic rings. The topological polar surface area (TPSA) is 81.0 Å². The van der Waals surface area contributed by atoms with Crippen molar-refractivity contribution in [2.45, 2.75) is 32.8 Å². The maximum Gasteiger partial charge on any atom is 0.259 e. The van der Waals surface area contributed by atoms with Crippen molar-refractivity contribution in [1.82, 2.24) is 15.1 Å². The van der Waals surface area contributed by atoms with Crippen LogP contribution in [0.1, 0.15) is 26.9 Å². The maximum atomic E-state index is 12.3. The van der Waals surface area contributed by atoms with Gasteiger partial charge in [-0.1, -0.05) is 5.16 Å². The molecule has 1 aliphatic heterocycles. The number of H-pyrrole nitrogens is 1. The molecule has 124 valence electrons. The number of aromatic amines is 1. The number of nitrogens with one attached hydrogen (secondary N) is 1. The molecule has 1 N–H and O–H groups in total. The van der Waals surface area contributed by atoms with Crippen LogP contribution >= 0.6 is 11.3 Å². The lowest BCUT2D eigenvalue weighted by atomic mass is 10.1. The number of nitrogens with zero attached hydrogens (tertiary/aromatic N) is 2. The van der Waals surface area contributed by atoms with Gasteiger partial charge in [0, 0.05) is 28.3 Å². The quantitative estimate of drug-likeness (QED) is 0.788. The van der Waals surface area contributed by atoms with Crippen LogP contribution in [0.25, 0.3) is 11.4 Å². The van der Waals surface area contributed by atoms with Gasteiger partial charge in [0.05, 0.1) is 18.8 Å². The number of fused-ring (bicyclic) bond motifs is 1. The zero-order valence-electron chi connectivity index (χ0n) is 13.3. The van der Waals surface area contributed by atoms with Crippen molar-refractivity contribution in [3.05, 3.63) is 55.5 Å². The molecular formula is C17H17N3O3S. The van der Waals surface area contributed by atoms with E-state index < -0.39 is 0 Å². The van der Waals surface area contributed by atoms with E-state index in [4.69, 9.17) is 9.26 Å². The van der Waals surface area contributed by atoms with E-state index in [0.717, 1.165) is 24.1 Å². The van der Waals surface area contributed by atoms with Crippen LogP contribution in [0, 0.1) is 6.92 Å². The number of aromatic nitrogens is 3. The molecule has 4 heterocycles. The molecular weight excluding hydrogens is 326 g/mol. The lowest BCUT2D eigenvalue weighted by Crippen LogP contribution is -2.19. The van der Waals surface area contributed by atoms with Crippen molar-refractivity contribution in [3.8, 4) is 11.4 Å². The van der Waals surface area contributed by atoms with Crippen molar-refractivity contribution in [1.29, 1.82) is 0 Å². The van der Waals surface area contributed by atoms with E-state index in [9.17, 15) is 4.79 Å². The molecule has 0 atom stereocenters. The van der Waals surface area contributed by atoms with Crippen molar-refractivity contribution in [2.75, 3.05) is 6.61 Å². The van der Waals surface area contributed by atoms with Crippen molar-refractivity contribution < 1.29 is 9.26 Å². The fraction of sp³-hybridized carbons (Fsp3) is 0.353. The summed E-state index contributed by atoms with van der Waals surface area (Å²) < 4.78 is 10.7. The molecule has 0 amide bonds. The molecule has 3 aromatic heterocycles. The summed E-state index contributed by atoms with van der Waals surface area (Å²) in [6.07, 6.45) is 2.25. The van der Waals surface area contributed by atoms with E-state index in [1.807, 2.05) is 6.07 Å². The van der Waals surface area contributed by atoms with Gasteiger partial charge in [0.15, 0.2) is 0 Å². The average Bonchev–Trinajstić information content (AvgIpc) is 3.21. The second-order valence-corrected chi connectivity index (χ2v) is 7.22. The summed E-state index contributed by atoms with van der Waals surface area (Å²) in [7, 11) is 0. The average molecular weight is 343 g/mol. The minimum absolute atomic E-state index is 0.183. The summed E-state index contributed by atoms with van der Waals surface area (Å²) in [6.45, 7) is 3.23. The molecule has 24 heavy (non-hydrogen) atoms. The van der Waals surface area contributed by atoms with Gasteiger partial charge in [0.25, 0.3) is 5.56 Å². The van der Waals surface area contributed by atoms with Gasteiger partial charge in [-0.3, -0.25) is 4.79 Å². The fourth-order valence-corrected chi connectivity index (χ4v) is 3.69. The monoisotopic (exact) mass is 343 g/mol. The number of ether oxygens (including phenoxy) is 1. The Balaban J connectivity index is 1.55. The predicted octanol–water partition coefficient (Wildman–Crippen LogP) is 2.65. The number of aryl methyl sites for hydroxylation is 3. The first-order chi connectivity index (χ1) is 11.7. The molecule has 6 nitrogen and oxygen atoms in total. The highest BCUT2D eigenvalue weighted by Crippen LogP contribution is 2.20. The van der Waals surface area contributed by atoms with Gasteiger partial charge in [0.2, 0.25) is 11.7 Å². The summed E-state index contributed by atoms with van der Waals surface area (Å²) in [5.41, 5.74) is 2.17. The molecule has 0 fully saturated rings. The molecule has 0 spiro atoms. The van der Waals surface area contributed by atoms with Crippen LogP contribution in [-0.4, -0.2) is 21.7 Å². The smallest absolute Gasteiger partial charge is 0.259 e. The van der Waals surface area contributed by atoms with Crippen LogP contribution in [0.15, 0.2) is 27.5 Å². The van der Waals surface area contributed by atoms with Crippen molar-refractivity contribution in [3.63, 3.8) is 0 Å². The summed E-state index contributed by atoms with van der Waals surface area (Å²) in [4.78, 5) is 22.1. The molecule has 7 heteroatoms. The van der Waals surface area contributed by atoms with Gasteiger partial charge in [-0.15, -0.1) is 11.3 Å².